The molecule has 1 rings (SSSR count). The molecule has 0 aromatic carbocycles. The van der Waals surface area contributed by atoms with Gasteiger partial charge in [0.1, 0.15) is 0 Å². The highest BCUT2D eigenvalue weighted by Gasteiger charge is 2.15. The average molecular weight is 172 g/mol. The second kappa shape index (κ2) is 5.11. The molecule has 0 saturated carbocycles. The molecule has 0 bridgehead atoms. The van der Waals surface area contributed by atoms with E-state index in [0.717, 1.165) is 19.5 Å². The molecular formula is C8H16N2O2. The van der Waals surface area contributed by atoms with Crippen molar-refractivity contribution in [3.05, 3.63) is 0 Å². The molecule has 4 heteroatoms. The topological polar surface area (TPSA) is 50.4 Å². The molecule has 0 aliphatic carbocycles. The predicted molar refractivity (Wildman–Crippen MR) is 45.9 cm³/mol. The van der Waals surface area contributed by atoms with Crippen molar-refractivity contribution in [3.8, 4) is 0 Å². The van der Waals surface area contributed by atoms with Gasteiger partial charge in [-0.3, -0.25) is 4.79 Å². The Bertz CT molecular complexity index is 144. The Kier molecular flexibility index (Phi) is 4.04. The quantitative estimate of drug-likeness (QED) is 0.601. The minimum Gasteiger partial charge on any atom is -0.384 e. The van der Waals surface area contributed by atoms with Crippen LogP contribution in [0.2, 0.25) is 0 Å². The third-order valence-electron chi connectivity index (χ3n) is 1.96. The maximum Gasteiger partial charge on any atom is 0.222 e. The molecular weight excluding hydrogens is 156 g/mol. The van der Waals surface area contributed by atoms with E-state index in [0.29, 0.717) is 19.1 Å². The molecule has 1 aliphatic heterocycles. The average Bonchev–Trinajstić information content (AvgIpc) is 2.53. The van der Waals surface area contributed by atoms with Gasteiger partial charge in [0.2, 0.25) is 5.91 Å². The number of hydrogen-bond acceptors (Lipinski definition) is 3. The van der Waals surface area contributed by atoms with Crippen LogP contribution >= 0.6 is 0 Å². The van der Waals surface area contributed by atoms with Gasteiger partial charge >= 0.3 is 0 Å². The summed E-state index contributed by atoms with van der Waals surface area (Å²) in [6.07, 6.45) is 1.51. The summed E-state index contributed by atoms with van der Waals surface area (Å²) in [7, 11) is 1.60. The zero-order chi connectivity index (χ0) is 8.81. The van der Waals surface area contributed by atoms with E-state index in [9.17, 15) is 4.79 Å². The molecule has 2 N–H and O–H groups in total. The molecule has 70 valence electrons. The summed E-state index contributed by atoms with van der Waals surface area (Å²) in [5, 5.41) is 6.12. The first-order valence-corrected chi connectivity index (χ1v) is 4.32. The van der Waals surface area contributed by atoms with Crippen LogP contribution in [0.15, 0.2) is 0 Å². The highest BCUT2D eigenvalue weighted by Crippen LogP contribution is 1.97. The molecule has 0 unspecified atom stereocenters. The van der Waals surface area contributed by atoms with E-state index < -0.39 is 0 Å². The van der Waals surface area contributed by atoms with Gasteiger partial charge in [-0.15, -0.1) is 0 Å². The van der Waals surface area contributed by atoms with Gasteiger partial charge in [-0.05, 0) is 13.0 Å². The molecule has 0 spiro atoms. The molecule has 4 nitrogen and oxygen atoms in total. The molecule has 1 heterocycles. The van der Waals surface area contributed by atoms with Gasteiger partial charge in [0, 0.05) is 26.1 Å². The Morgan fingerprint density at radius 2 is 2.58 bits per heavy atom. The SMILES string of the molecule is COCCC(=O)N[C@H]1CCNC1. The van der Waals surface area contributed by atoms with Crippen LogP contribution in [-0.2, 0) is 9.53 Å². The van der Waals surface area contributed by atoms with Gasteiger partial charge in [-0.25, -0.2) is 0 Å². The van der Waals surface area contributed by atoms with Crippen LogP contribution in [0.3, 0.4) is 0 Å². The van der Waals surface area contributed by atoms with Gasteiger partial charge < -0.3 is 15.4 Å². The van der Waals surface area contributed by atoms with E-state index in [-0.39, 0.29) is 5.91 Å². The minimum absolute atomic E-state index is 0.0885. The standard InChI is InChI=1S/C8H16N2O2/c1-12-5-3-8(11)10-7-2-4-9-6-7/h7,9H,2-6H2,1H3,(H,10,11)/t7-/m0/s1. The largest absolute Gasteiger partial charge is 0.384 e. The summed E-state index contributed by atoms with van der Waals surface area (Å²) in [4.78, 5) is 11.1. The molecule has 1 amide bonds. The third-order valence-corrected chi connectivity index (χ3v) is 1.96. The first-order chi connectivity index (χ1) is 5.83. The summed E-state index contributed by atoms with van der Waals surface area (Å²) < 4.78 is 4.80. The fraction of sp³-hybridized carbons (Fsp3) is 0.875. The maximum absolute atomic E-state index is 11.1. The van der Waals surface area contributed by atoms with E-state index in [4.69, 9.17) is 4.74 Å². The third kappa shape index (κ3) is 3.19. The van der Waals surface area contributed by atoms with Crippen LogP contribution in [0.1, 0.15) is 12.8 Å². The highest BCUT2D eigenvalue weighted by atomic mass is 16.5. The van der Waals surface area contributed by atoms with Crippen molar-refractivity contribution in [1.29, 1.82) is 0 Å². The van der Waals surface area contributed by atoms with Crippen LogP contribution in [-0.4, -0.2) is 38.8 Å². The lowest BCUT2D eigenvalue weighted by Gasteiger charge is -2.10. The molecule has 1 saturated heterocycles. The Balaban J connectivity index is 2.08. The maximum atomic E-state index is 11.1. The van der Waals surface area contributed by atoms with Gasteiger partial charge in [0.05, 0.1) is 6.61 Å². The lowest BCUT2D eigenvalue weighted by molar-refractivity contribution is -0.122. The summed E-state index contributed by atoms with van der Waals surface area (Å²) in [6, 6.07) is 0.328. The number of methoxy groups -OCH3 is 1. The summed E-state index contributed by atoms with van der Waals surface area (Å²) >= 11 is 0. The fourth-order valence-corrected chi connectivity index (χ4v) is 1.27. The van der Waals surface area contributed by atoms with Gasteiger partial charge in [0.15, 0.2) is 0 Å². The number of ether oxygens (including phenoxy) is 1. The molecule has 0 aromatic heterocycles. The van der Waals surface area contributed by atoms with Crippen LogP contribution < -0.4 is 10.6 Å². The van der Waals surface area contributed by atoms with Crippen molar-refractivity contribution in [1.82, 2.24) is 10.6 Å². The summed E-state index contributed by atoms with van der Waals surface area (Å²) in [5.74, 6) is 0.0885. The Morgan fingerprint density at radius 3 is 3.17 bits per heavy atom. The zero-order valence-electron chi connectivity index (χ0n) is 7.43. The molecule has 1 atom stereocenters. The Morgan fingerprint density at radius 1 is 1.75 bits per heavy atom. The van der Waals surface area contributed by atoms with Gasteiger partial charge in [0.25, 0.3) is 0 Å². The van der Waals surface area contributed by atoms with E-state index in [1.807, 2.05) is 0 Å². The Labute approximate surface area is 72.7 Å². The zero-order valence-corrected chi connectivity index (χ0v) is 7.43. The molecule has 12 heavy (non-hydrogen) atoms. The predicted octanol–water partition coefficient (Wildman–Crippen LogP) is -0.499. The molecule has 1 aliphatic rings. The second-order valence-corrected chi connectivity index (χ2v) is 3.00. The lowest BCUT2D eigenvalue weighted by Crippen LogP contribution is -2.36. The smallest absolute Gasteiger partial charge is 0.222 e. The lowest BCUT2D eigenvalue weighted by atomic mass is 10.2. The van der Waals surface area contributed by atoms with Gasteiger partial charge in [-0.1, -0.05) is 0 Å². The van der Waals surface area contributed by atoms with E-state index in [1.165, 1.54) is 0 Å². The number of nitrogens with one attached hydrogen (secondary N) is 2. The Hall–Kier alpha value is -0.610. The highest BCUT2D eigenvalue weighted by molar-refractivity contribution is 5.76. The first-order valence-electron chi connectivity index (χ1n) is 4.32. The summed E-state index contributed by atoms with van der Waals surface area (Å²) in [5.41, 5.74) is 0. The van der Waals surface area contributed by atoms with Crippen molar-refractivity contribution in [3.63, 3.8) is 0 Å². The van der Waals surface area contributed by atoms with Crippen LogP contribution in [0.4, 0.5) is 0 Å². The second-order valence-electron chi connectivity index (χ2n) is 3.00. The summed E-state index contributed by atoms with van der Waals surface area (Å²) in [6.45, 7) is 2.42. The monoisotopic (exact) mass is 172 g/mol. The van der Waals surface area contributed by atoms with Crippen molar-refractivity contribution in [2.24, 2.45) is 0 Å². The molecule has 1 fully saturated rings. The van der Waals surface area contributed by atoms with Gasteiger partial charge in [-0.2, -0.15) is 0 Å². The number of carbonyl (C=O) groups is 1. The normalized spacial score (nSPS) is 22.6. The molecule has 0 radical (unpaired) electrons. The van der Waals surface area contributed by atoms with Crippen molar-refractivity contribution >= 4 is 5.91 Å². The fourth-order valence-electron chi connectivity index (χ4n) is 1.27. The number of amides is 1. The van der Waals surface area contributed by atoms with Crippen molar-refractivity contribution in [2.75, 3.05) is 26.8 Å². The van der Waals surface area contributed by atoms with E-state index in [2.05, 4.69) is 10.6 Å². The van der Waals surface area contributed by atoms with Crippen LogP contribution in [0.25, 0.3) is 0 Å². The number of carbonyl (C=O) groups excluding carboxylic acids is 1. The van der Waals surface area contributed by atoms with E-state index >= 15 is 0 Å². The van der Waals surface area contributed by atoms with Crippen LogP contribution in [0, 0.1) is 0 Å². The van der Waals surface area contributed by atoms with E-state index in [1.54, 1.807) is 7.11 Å². The number of hydrogen-bond donors (Lipinski definition) is 2. The van der Waals surface area contributed by atoms with Crippen molar-refractivity contribution < 1.29 is 9.53 Å². The number of rotatable bonds is 4. The minimum atomic E-state index is 0.0885. The van der Waals surface area contributed by atoms with Crippen LogP contribution in [0.5, 0.6) is 0 Å². The molecule has 0 aromatic rings. The first kappa shape index (κ1) is 9.48. The van der Waals surface area contributed by atoms with Crippen molar-refractivity contribution in [2.45, 2.75) is 18.9 Å².